The summed E-state index contributed by atoms with van der Waals surface area (Å²) in [7, 11) is 0. The molecule has 0 spiro atoms. The monoisotopic (exact) mass is 357 g/mol. The van der Waals surface area contributed by atoms with Gasteiger partial charge in [0.25, 0.3) is 5.69 Å². The Hall–Kier alpha value is -2.68. The lowest BCUT2D eigenvalue weighted by Gasteiger charge is -2.31. The molecule has 2 aromatic rings. The van der Waals surface area contributed by atoms with Crippen molar-refractivity contribution >= 4 is 29.2 Å². The fourth-order valence-electron chi connectivity index (χ4n) is 3.40. The van der Waals surface area contributed by atoms with Crippen LogP contribution >= 0.6 is 11.8 Å². The molecule has 4 rings (SSSR count). The Kier molecular flexibility index (Phi) is 3.79. The van der Waals surface area contributed by atoms with Gasteiger partial charge in [-0.2, -0.15) is 4.98 Å². The minimum Gasteiger partial charge on any atom is -0.328 e. The summed E-state index contributed by atoms with van der Waals surface area (Å²) in [5.41, 5.74) is 1.79. The number of nitro groups is 1. The number of thioether (sulfide) groups is 1. The number of fused-ring (bicyclic) bond motifs is 1. The standard InChI is InChI=1S/C16H15N5O3S/c1-25-16-18-15-17-10-6-4-8-12(22)13(10)14(20(15)19-16)9-5-2-3-7-11(9)21(23)24/h2-3,5,7,14H,4,6,8H2,1H3,(H,17,18,19)/t14-/m0/s1. The molecule has 0 fully saturated rings. The average molecular weight is 357 g/mol. The number of benzene rings is 1. The molecule has 1 aliphatic heterocycles. The smallest absolute Gasteiger partial charge is 0.275 e. The second kappa shape index (κ2) is 5.99. The van der Waals surface area contributed by atoms with Crippen LogP contribution in [0.5, 0.6) is 0 Å². The maximum Gasteiger partial charge on any atom is 0.275 e. The number of anilines is 1. The van der Waals surface area contributed by atoms with E-state index in [1.807, 2.05) is 6.26 Å². The van der Waals surface area contributed by atoms with E-state index in [1.165, 1.54) is 17.8 Å². The Labute approximate surface area is 147 Å². The van der Waals surface area contributed by atoms with Crippen LogP contribution in [0.2, 0.25) is 0 Å². The molecule has 0 amide bonds. The maximum absolute atomic E-state index is 12.6. The number of aromatic nitrogens is 3. The van der Waals surface area contributed by atoms with Crippen molar-refractivity contribution in [1.82, 2.24) is 14.8 Å². The normalized spacial score (nSPS) is 19.2. The molecule has 8 nitrogen and oxygen atoms in total. The van der Waals surface area contributed by atoms with E-state index in [1.54, 1.807) is 22.9 Å². The highest BCUT2D eigenvalue weighted by molar-refractivity contribution is 7.98. The largest absolute Gasteiger partial charge is 0.328 e. The van der Waals surface area contributed by atoms with Gasteiger partial charge in [0, 0.05) is 23.8 Å². The molecule has 0 unspecified atom stereocenters. The summed E-state index contributed by atoms with van der Waals surface area (Å²) in [6.45, 7) is 0. The van der Waals surface area contributed by atoms with Crippen molar-refractivity contribution in [2.75, 3.05) is 11.6 Å². The number of nitrogens with zero attached hydrogens (tertiary/aromatic N) is 4. The van der Waals surface area contributed by atoms with Crippen molar-refractivity contribution in [1.29, 1.82) is 0 Å². The van der Waals surface area contributed by atoms with Crippen LogP contribution in [-0.4, -0.2) is 31.7 Å². The molecule has 0 saturated heterocycles. The number of allylic oxidation sites excluding steroid dienone is 2. The second-order valence-electron chi connectivity index (χ2n) is 5.88. The highest BCUT2D eigenvalue weighted by Crippen LogP contribution is 2.42. The summed E-state index contributed by atoms with van der Waals surface area (Å²) in [6.07, 6.45) is 3.79. The number of nitrogens with one attached hydrogen (secondary N) is 1. The molecule has 1 atom stereocenters. The third-order valence-electron chi connectivity index (χ3n) is 4.46. The van der Waals surface area contributed by atoms with Crippen LogP contribution in [0.1, 0.15) is 30.9 Å². The fraction of sp³-hybridized carbons (Fsp3) is 0.312. The maximum atomic E-state index is 12.6. The predicted molar refractivity (Wildman–Crippen MR) is 92.5 cm³/mol. The van der Waals surface area contributed by atoms with Gasteiger partial charge in [0.2, 0.25) is 11.1 Å². The first-order chi connectivity index (χ1) is 12.1. The van der Waals surface area contributed by atoms with Gasteiger partial charge < -0.3 is 5.32 Å². The lowest BCUT2D eigenvalue weighted by molar-refractivity contribution is -0.385. The van der Waals surface area contributed by atoms with Gasteiger partial charge in [0.15, 0.2) is 5.78 Å². The first-order valence-corrected chi connectivity index (χ1v) is 9.09. The van der Waals surface area contributed by atoms with Crippen LogP contribution in [0.15, 0.2) is 40.7 Å². The molecule has 128 valence electrons. The van der Waals surface area contributed by atoms with Crippen molar-refractivity contribution in [2.24, 2.45) is 0 Å². The van der Waals surface area contributed by atoms with Gasteiger partial charge in [-0.3, -0.25) is 14.9 Å². The number of hydrogen-bond acceptors (Lipinski definition) is 7. The van der Waals surface area contributed by atoms with Gasteiger partial charge in [0.1, 0.15) is 6.04 Å². The third-order valence-corrected chi connectivity index (χ3v) is 5.00. The highest BCUT2D eigenvalue weighted by atomic mass is 32.2. The van der Waals surface area contributed by atoms with Crippen LogP contribution in [0, 0.1) is 10.1 Å². The zero-order chi connectivity index (χ0) is 17.6. The molecule has 1 aromatic carbocycles. The Morgan fingerprint density at radius 1 is 1.36 bits per heavy atom. The number of rotatable bonds is 3. The van der Waals surface area contributed by atoms with Gasteiger partial charge in [-0.1, -0.05) is 23.9 Å². The van der Waals surface area contributed by atoms with E-state index in [0.29, 0.717) is 28.7 Å². The molecule has 2 aliphatic rings. The lowest BCUT2D eigenvalue weighted by Crippen LogP contribution is -2.31. The number of hydrogen-bond donors (Lipinski definition) is 1. The zero-order valence-corrected chi connectivity index (χ0v) is 14.2. The van der Waals surface area contributed by atoms with Gasteiger partial charge in [0.05, 0.1) is 10.5 Å². The zero-order valence-electron chi connectivity index (χ0n) is 13.4. The molecule has 1 aliphatic carbocycles. The van der Waals surface area contributed by atoms with Crippen LogP contribution < -0.4 is 5.32 Å². The van der Waals surface area contributed by atoms with Crippen LogP contribution in [-0.2, 0) is 4.79 Å². The third kappa shape index (κ3) is 2.51. The van der Waals surface area contributed by atoms with Crippen LogP contribution in [0.4, 0.5) is 11.6 Å². The van der Waals surface area contributed by atoms with Gasteiger partial charge >= 0.3 is 0 Å². The van der Waals surface area contributed by atoms with E-state index < -0.39 is 11.0 Å². The summed E-state index contributed by atoms with van der Waals surface area (Å²) >= 11 is 1.38. The summed E-state index contributed by atoms with van der Waals surface area (Å²) < 4.78 is 1.59. The van der Waals surface area contributed by atoms with E-state index in [-0.39, 0.29) is 11.5 Å². The van der Waals surface area contributed by atoms with Gasteiger partial charge in [-0.25, -0.2) is 4.68 Å². The lowest BCUT2D eigenvalue weighted by atomic mass is 9.85. The fourth-order valence-corrected chi connectivity index (χ4v) is 3.74. The number of ketones is 1. The average Bonchev–Trinajstić information content (AvgIpc) is 3.03. The Morgan fingerprint density at radius 3 is 2.92 bits per heavy atom. The number of carbonyl (C=O) groups excluding carboxylic acids is 1. The molecule has 0 bridgehead atoms. The number of para-hydroxylation sites is 1. The van der Waals surface area contributed by atoms with E-state index in [2.05, 4.69) is 15.4 Å². The Bertz CT molecular complexity index is 920. The summed E-state index contributed by atoms with van der Waals surface area (Å²) in [4.78, 5) is 28.2. The second-order valence-corrected chi connectivity index (χ2v) is 6.65. The van der Waals surface area contributed by atoms with Crippen molar-refractivity contribution in [3.8, 4) is 0 Å². The quantitative estimate of drug-likeness (QED) is 0.512. The number of Topliss-reactive ketones (excluding diaryl/α,β-unsaturated/α-hetero) is 1. The van der Waals surface area contributed by atoms with Crippen LogP contribution in [0.3, 0.4) is 0 Å². The van der Waals surface area contributed by atoms with E-state index >= 15 is 0 Å². The minimum absolute atomic E-state index is 0.00347. The first kappa shape index (κ1) is 15.8. The minimum atomic E-state index is -0.631. The Morgan fingerprint density at radius 2 is 2.16 bits per heavy atom. The molecule has 2 heterocycles. The predicted octanol–water partition coefficient (Wildman–Crippen LogP) is 2.93. The van der Waals surface area contributed by atoms with Gasteiger partial charge in [-0.15, -0.1) is 5.10 Å². The van der Waals surface area contributed by atoms with Crippen molar-refractivity contribution in [3.63, 3.8) is 0 Å². The summed E-state index contributed by atoms with van der Waals surface area (Å²) in [5.74, 6) is 0.518. The topological polar surface area (TPSA) is 103 Å². The SMILES string of the molecule is CSc1nc2n(n1)[C@@H](c1ccccc1[N+](=O)[O-])C1=C(CCCC1=O)N2. The van der Waals surface area contributed by atoms with E-state index in [4.69, 9.17) is 0 Å². The van der Waals surface area contributed by atoms with E-state index in [9.17, 15) is 14.9 Å². The van der Waals surface area contributed by atoms with Gasteiger partial charge in [-0.05, 0) is 25.2 Å². The van der Waals surface area contributed by atoms with Crippen molar-refractivity contribution in [3.05, 3.63) is 51.2 Å². The van der Waals surface area contributed by atoms with Crippen LogP contribution in [0.25, 0.3) is 0 Å². The highest BCUT2D eigenvalue weighted by Gasteiger charge is 2.39. The Balaban J connectivity index is 1.97. The van der Waals surface area contributed by atoms with Crippen molar-refractivity contribution in [2.45, 2.75) is 30.5 Å². The van der Waals surface area contributed by atoms with Crippen molar-refractivity contribution < 1.29 is 9.72 Å². The molecular weight excluding hydrogens is 342 g/mol. The summed E-state index contributed by atoms with van der Waals surface area (Å²) in [5, 5.41) is 19.7. The number of nitro benzene ring substituents is 1. The number of carbonyl (C=O) groups is 1. The van der Waals surface area contributed by atoms with E-state index in [0.717, 1.165) is 18.5 Å². The molecule has 25 heavy (non-hydrogen) atoms. The summed E-state index contributed by atoms with van der Waals surface area (Å²) in [6, 6.07) is 5.87. The molecule has 1 aromatic heterocycles. The molecule has 0 radical (unpaired) electrons. The first-order valence-electron chi connectivity index (χ1n) is 7.87. The molecular formula is C16H15N5O3S. The molecule has 0 saturated carbocycles. The molecule has 9 heteroatoms. The molecule has 1 N–H and O–H groups in total.